The zero-order valence-corrected chi connectivity index (χ0v) is 11.0. The minimum absolute atomic E-state index is 0.0182. The lowest BCUT2D eigenvalue weighted by molar-refractivity contribution is 0.109. The van der Waals surface area contributed by atoms with Crippen molar-refractivity contribution in [3.05, 3.63) is 31.8 Å². The number of halogens is 2. The summed E-state index contributed by atoms with van der Waals surface area (Å²) in [6, 6.07) is 0. The zero-order chi connectivity index (χ0) is 13.7. The summed E-state index contributed by atoms with van der Waals surface area (Å²) in [5.41, 5.74) is -1.79. The molecule has 0 saturated carbocycles. The summed E-state index contributed by atoms with van der Waals surface area (Å²) in [6.07, 6.45) is 0. The minimum atomic E-state index is -1.16. The van der Waals surface area contributed by atoms with Crippen molar-refractivity contribution in [2.24, 2.45) is 0 Å². The number of aromatic nitrogens is 2. The smallest absolute Gasteiger partial charge is 0.329 e. The van der Waals surface area contributed by atoms with Gasteiger partial charge in [0.2, 0.25) is 5.82 Å². The fourth-order valence-electron chi connectivity index (χ4n) is 1.23. The third-order valence-electron chi connectivity index (χ3n) is 2.23. The van der Waals surface area contributed by atoms with Crippen molar-refractivity contribution in [3.8, 4) is 0 Å². The molecule has 0 radical (unpaired) electrons. The first-order valence-corrected chi connectivity index (χ1v) is 5.72. The second-order valence-corrected chi connectivity index (χ2v) is 4.31. The predicted octanol–water partition coefficient (Wildman–Crippen LogP) is -0.0927. The molecule has 0 aliphatic carbocycles. The van der Waals surface area contributed by atoms with Gasteiger partial charge >= 0.3 is 5.69 Å². The van der Waals surface area contributed by atoms with Gasteiger partial charge in [-0.3, -0.25) is 14.3 Å². The number of ether oxygens (including phenoxy) is 1. The maximum Gasteiger partial charge on any atom is 0.329 e. The number of nitrogens with zero attached hydrogens (tertiary/aromatic N) is 2. The van der Waals surface area contributed by atoms with Gasteiger partial charge in [0.25, 0.3) is 5.56 Å². The van der Waals surface area contributed by atoms with E-state index < -0.39 is 22.2 Å². The second-order valence-electron chi connectivity index (χ2n) is 3.93. The van der Waals surface area contributed by atoms with Crippen LogP contribution in [0.5, 0.6) is 0 Å². The molecule has 0 atom stereocenters. The molecular formula is C10H15ClFN3O3. The highest BCUT2D eigenvalue weighted by molar-refractivity contribution is 6.29. The van der Waals surface area contributed by atoms with E-state index in [1.165, 1.54) is 0 Å². The molecule has 102 valence electrons. The van der Waals surface area contributed by atoms with Crippen molar-refractivity contribution in [1.82, 2.24) is 14.5 Å². The molecule has 0 saturated heterocycles. The number of rotatable bonds is 6. The molecule has 0 spiro atoms. The molecule has 0 aromatic carbocycles. The molecule has 8 heteroatoms. The number of nitrogens with one attached hydrogen (secondary N) is 1. The highest BCUT2D eigenvalue weighted by Crippen LogP contribution is 2.01. The molecule has 0 amide bonds. The van der Waals surface area contributed by atoms with Gasteiger partial charge in [-0.2, -0.15) is 4.39 Å². The van der Waals surface area contributed by atoms with Crippen molar-refractivity contribution >= 4 is 11.6 Å². The van der Waals surface area contributed by atoms with Crippen LogP contribution >= 0.6 is 11.6 Å². The third-order valence-corrected chi connectivity index (χ3v) is 2.49. The minimum Gasteiger partial charge on any atom is -0.378 e. The molecule has 1 N–H and O–H groups in total. The van der Waals surface area contributed by atoms with Crippen LogP contribution in [0.2, 0.25) is 5.15 Å². The number of likely N-dealkylation sites (N-methyl/N-ethyl adjacent to an activating group) is 1. The van der Waals surface area contributed by atoms with Crippen molar-refractivity contribution < 1.29 is 9.13 Å². The molecular weight excluding hydrogens is 265 g/mol. The SMILES string of the molecule is CN(C)CCOCCn1c(=O)[nH]c(Cl)c(F)c1=O. The molecule has 0 fully saturated rings. The lowest BCUT2D eigenvalue weighted by Crippen LogP contribution is -2.38. The van der Waals surface area contributed by atoms with Crippen molar-refractivity contribution in [2.45, 2.75) is 6.54 Å². The van der Waals surface area contributed by atoms with Crippen LogP contribution in [0.4, 0.5) is 4.39 Å². The van der Waals surface area contributed by atoms with Gasteiger partial charge in [0.15, 0.2) is 5.15 Å². The summed E-state index contributed by atoms with van der Waals surface area (Å²) in [7, 11) is 3.79. The van der Waals surface area contributed by atoms with Gasteiger partial charge in [-0.1, -0.05) is 11.6 Å². The van der Waals surface area contributed by atoms with Crippen LogP contribution in [-0.2, 0) is 11.3 Å². The summed E-state index contributed by atoms with van der Waals surface area (Å²) < 4.78 is 19.1. The van der Waals surface area contributed by atoms with Crippen LogP contribution in [0.3, 0.4) is 0 Å². The van der Waals surface area contributed by atoms with E-state index in [2.05, 4.69) is 0 Å². The molecule has 1 rings (SSSR count). The normalized spacial score (nSPS) is 11.2. The van der Waals surface area contributed by atoms with Gasteiger partial charge in [-0.05, 0) is 14.1 Å². The lowest BCUT2D eigenvalue weighted by atomic mass is 10.5. The van der Waals surface area contributed by atoms with E-state index in [-0.39, 0.29) is 13.2 Å². The first-order chi connectivity index (χ1) is 8.43. The summed E-state index contributed by atoms with van der Waals surface area (Å²) >= 11 is 5.33. The average molecular weight is 280 g/mol. The highest BCUT2D eigenvalue weighted by atomic mass is 35.5. The van der Waals surface area contributed by atoms with E-state index in [1.807, 2.05) is 24.0 Å². The first kappa shape index (κ1) is 14.9. The van der Waals surface area contributed by atoms with E-state index in [1.54, 1.807) is 0 Å². The van der Waals surface area contributed by atoms with Crippen molar-refractivity contribution in [3.63, 3.8) is 0 Å². The summed E-state index contributed by atoms with van der Waals surface area (Å²) in [4.78, 5) is 26.8. The molecule has 1 aromatic rings. The van der Waals surface area contributed by atoms with Crippen molar-refractivity contribution in [1.29, 1.82) is 0 Å². The van der Waals surface area contributed by atoms with Gasteiger partial charge in [0, 0.05) is 6.54 Å². The molecule has 1 aromatic heterocycles. The van der Waals surface area contributed by atoms with E-state index >= 15 is 0 Å². The monoisotopic (exact) mass is 279 g/mol. The summed E-state index contributed by atoms with van der Waals surface area (Å²) in [5, 5.41) is -0.574. The Hall–Kier alpha value is -1.18. The van der Waals surface area contributed by atoms with Crippen LogP contribution in [0, 0.1) is 5.82 Å². The molecule has 0 aliphatic heterocycles. The second kappa shape index (κ2) is 6.67. The fourth-order valence-corrected chi connectivity index (χ4v) is 1.39. The lowest BCUT2D eigenvalue weighted by Gasteiger charge is -2.10. The maximum absolute atomic E-state index is 13.2. The largest absolute Gasteiger partial charge is 0.378 e. The predicted molar refractivity (Wildman–Crippen MR) is 65.7 cm³/mol. The maximum atomic E-state index is 13.2. The van der Waals surface area contributed by atoms with E-state index in [4.69, 9.17) is 16.3 Å². The van der Waals surface area contributed by atoms with Gasteiger partial charge < -0.3 is 9.64 Å². The highest BCUT2D eigenvalue weighted by Gasteiger charge is 2.11. The van der Waals surface area contributed by atoms with Gasteiger partial charge in [-0.25, -0.2) is 4.79 Å². The number of hydrogen-bond donors (Lipinski definition) is 1. The van der Waals surface area contributed by atoms with Crippen LogP contribution in [-0.4, -0.2) is 48.3 Å². The van der Waals surface area contributed by atoms with Crippen LogP contribution in [0.25, 0.3) is 0 Å². The molecule has 0 aliphatic rings. The summed E-state index contributed by atoms with van der Waals surface area (Å²) in [5.74, 6) is -1.16. The fraction of sp³-hybridized carbons (Fsp3) is 0.600. The Kier molecular flexibility index (Phi) is 5.52. The van der Waals surface area contributed by atoms with Crippen LogP contribution in [0.1, 0.15) is 0 Å². The summed E-state index contributed by atoms with van der Waals surface area (Å²) in [6.45, 7) is 1.32. The first-order valence-electron chi connectivity index (χ1n) is 5.34. The Bertz CT molecular complexity index is 512. The number of H-pyrrole nitrogens is 1. The number of hydrogen-bond acceptors (Lipinski definition) is 4. The van der Waals surface area contributed by atoms with Gasteiger partial charge in [-0.15, -0.1) is 0 Å². The topological polar surface area (TPSA) is 67.3 Å². The van der Waals surface area contributed by atoms with E-state index in [0.717, 1.165) is 11.1 Å². The van der Waals surface area contributed by atoms with Gasteiger partial charge in [0.1, 0.15) is 0 Å². The Labute approximate surface area is 108 Å². The molecule has 0 bridgehead atoms. The third kappa shape index (κ3) is 3.94. The Morgan fingerprint density at radius 1 is 1.39 bits per heavy atom. The quantitative estimate of drug-likeness (QED) is 0.584. The average Bonchev–Trinajstić information content (AvgIpc) is 2.29. The number of aromatic amines is 1. The van der Waals surface area contributed by atoms with E-state index in [0.29, 0.717) is 6.61 Å². The van der Waals surface area contributed by atoms with Crippen molar-refractivity contribution in [2.75, 3.05) is 33.9 Å². The molecule has 0 unspecified atom stereocenters. The Balaban J connectivity index is 2.61. The van der Waals surface area contributed by atoms with Gasteiger partial charge in [0.05, 0.1) is 19.8 Å². The standard InChI is InChI=1S/C10H15ClFN3O3/c1-14(2)3-5-18-6-4-15-9(16)7(12)8(11)13-10(15)17/h3-6H2,1-2H3,(H,13,17). The zero-order valence-electron chi connectivity index (χ0n) is 10.2. The molecule has 1 heterocycles. The van der Waals surface area contributed by atoms with Crippen LogP contribution < -0.4 is 11.2 Å². The van der Waals surface area contributed by atoms with E-state index in [9.17, 15) is 14.0 Å². The molecule has 6 nitrogen and oxygen atoms in total. The Morgan fingerprint density at radius 3 is 2.67 bits per heavy atom. The molecule has 18 heavy (non-hydrogen) atoms. The van der Waals surface area contributed by atoms with Crippen LogP contribution in [0.15, 0.2) is 9.59 Å². The Morgan fingerprint density at radius 2 is 2.06 bits per heavy atom.